The number of aromatic nitrogens is 3. The second kappa shape index (κ2) is 4.15. The Morgan fingerprint density at radius 2 is 2.38 bits per heavy atom. The number of furan rings is 1. The van der Waals surface area contributed by atoms with Gasteiger partial charge < -0.3 is 14.6 Å². The van der Waals surface area contributed by atoms with Crippen LogP contribution in [-0.4, -0.2) is 37.8 Å². The normalized spacial score (nSPS) is 10.6. The first-order valence-electron chi connectivity index (χ1n) is 4.55. The lowest BCUT2D eigenvalue weighted by Gasteiger charge is -2.01. The topological polar surface area (TPSA) is 101 Å². The maximum atomic E-state index is 10.9. The van der Waals surface area contributed by atoms with Gasteiger partial charge in [-0.2, -0.15) is 0 Å². The first-order valence-corrected chi connectivity index (χ1v) is 4.55. The molecule has 0 radical (unpaired) electrons. The van der Waals surface area contributed by atoms with E-state index >= 15 is 0 Å². The summed E-state index contributed by atoms with van der Waals surface area (Å²) >= 11 is 0. The molecule has 0 aliphatic heterocycles. The summed E-state index contributed by atoms with van der Waals surface area (Å²) in [5.74, 6) is -0.827. The van der Waals surface area contributed by atoms with Gasteiger partial charge in [0, 0.05) is 0 Å². The highest BCUT2D eigenvalue weighted by molar-refractivity contribution is 5.91. The minimum atomic E-state index is -1.18. The molecule has 0 saturated heterocycles. The third kappa shape index (κ3) is 1.68. The SMILES string of the molecule is O=C(O)c1nnn(CCO)c1-c1ccco1. The predicted molar refractivity (Wildman–Crippen MR) is 51.8 cm³/mol. The number of hydrogen-bond donors (Lipinski definition) is 2. The van der Waals surface area contributed by atoms with E-state index in [4.69, 9.17) is 14.6 Å². The minimum absolute atomic E-state index is 0.157. The van der Waals surface area contributed by atoms with E-state index in [0.29, 0.717) is 5.76 Å². The van der Waals surface area contributed by atoms with Gasteiger partial charge in [-0.3, -0.25) is 0 Å². The summed E-state index contributed by atoms with van der Waals surface area (Å²) in [5.41, 5.74) is 0.0648. The number of aromatic carboxylic acids is 1. The van der Waals surface area contributed by atoms with Crippen LogP contribution < -0.4 is 0 Å². The zero-order chi connectivity index (χ0) is 11.5. The molecule has 2 aromatic heterocycles. The van der Waals surface area contributed by atoms with Crippen molar-refractivity contribution in [2.75, 3.05) is 6.61 Å². The summed E-state index contributed by atoms with van der Waals surface area (Å²) in [6, 6.07) is 3.25. The van der Waals surface area contributed by atoms with Gasteiger partial charge in [-0.25, -0.2) is 9.48 Å². The van der Waals surface area contributed by atoms with E-state index in [2.05, 4.69) is 10.3 Å². The molecule has 0 atom stereocenters. The molecule has 2 rings (SSSR count). The highest BCUT2D eigenvalue weighted by Gasteiger charge is 2.21. The third-order valence-electron chi connectivity index (χ3n) is 2.00. The van der Waals surface area contributed by atoms with Crippen LogP contribution in [0.2, 0.25) is 0 Å². The van der Waals surface area contributed by atoms with Gasteiger partial charge in [0.05, 0.1) is 19.4 Å². The van der Waals surface area contributed by atoms with Crippen LogP contribution in [0, 0.1) is 0 Å². The molecule has 2 N–H and O–H groups in total. The highest BCUT2D eigenvalue weighted by atomic mass is 16.4. The zero-order valence-electron chi connectivity index (χ0n) is 8.20. The molecular formula is C9H9N3O4. The van der Waals surface area contributed by atoms with Gasteiger partial charge in [-0.1, -0.05) is 5.21 Å². The minimum Gasteiger partial charge on any atom is -0.476 e. The Balaban J connectivity index is 2.54. The number of carboxylic acids is 1. The lowest BCUT2D eigenvalue weighted by molar-refractivity contribution is 0.0691. The molecule has 0 fully saturated rings. The number of rotatable bonds is 4. The van der Waals surface area contributed by atoms with E-state index in [0.717, 1.165) is 0 Å². The average molecular weight is 223 g/mol. The summed E-state index contributed by atoms with van der Waals surface area (Å²) in [4.78, 5) is 10.9. The lowest BCUT2D eigenvalue weighted by atomic mass is 10.2. The number of aliphatic hydroxyl groups excluding tert-OH is 1. The van der Waals surface area contributed by atoms with E-state index in [1.807, 2.05) is 0 Å². The molecule has 0 aliphatic rings. The van der Waals surface area contributed by atoms with E-state index in [9.17, 15) is 4.79 Å². The van der Waals surface area contributed by atoms with Gasteiger partial charge >= 0.3 is 5.97 Å². The summed E-state index contributed by atoms with van der Waals surface area (Å²) in [5, 5.41) is 24.9. The molecule has 84 valence electrons. The fraction of sp³-hybridized carbons (Fsp3) is 0.222. The van der Waals surface area contributed by atoms with Crippen LogP contribution in [0.15, 0.2) is 22.8 Å². The van der Waals surface area contributed by atoms with Crippen molar-refractivity contribution >= 4 is 5.97 Å². The summed E-state index contributed by atoms with van der Waals surface area (Å²) in [7, 11) is 0. The number of aliphatic hydroxyl groups is 1. The molecule has 0 aromatic carbocycles. The molecule has 0 amide bonds. The molecule has 7 nitrogen and oxygen atoms in total. The Hall–Kier alpha value is -2.15. The van der Waals surface area contributed by atoms with Crippen LogP contribution in [0.1, 0.15) is 10.5 Å². The van der Waals surface area contributed by atoms with Crippen LogP contribution in [0.5, 0.6) is 0 Å². The largest absolute Gasteiger partial charge is 0.476 e. The Bertz CT molecular complexity index is 489. The molecule has 2 aromatic rings. The highest BCUT2D eigenvalue weighted by Crippen LogP contribution is 2.22. The molecule has 0 saturated carbocycles. The summed E-state index contributed by atoms with van der Waals surface area (Å²) in [6.45, 7) is 0.00639. The van der Waals surface area contributed by atoms with Crippen molar-refractivity contribution in [1.82, 2.24) is 15.0 Å². The van der Waals surface area contributed by atoms with E-state index < -0.39 is 5.97 Å². The molecule has 2 heterocycles. The lowest BCUT2D eigenvalue weighted by Crippen LogP contribution is -2.07. The molecule has 16 heavy (non-hydrogen) atoms. The van der Waals surface area contributed by atoms with Crippen LogP contribution in [-0.2, 0) is 6.54 Å². The quantitative estimate of drug-likeness (QED) is 0.769. The Labute approximate surface area is 89.9 Å². The van der Waals surface area contributed by atoms with Crippen molar-refractivity contribution < 1.29 is 19.4 Å². The van der Waals surface area contributed by atoms with E-state index in [1.54, 1.807) is 12.1 Å². The molecule has 0 aliphatic carbocycles. The fourth-order valence-electron chi connectivity index (χ4n) is 1.37. The second-order valence-electron chi connectivity index (χ2n) is 3.02. The van der Waals surface area contributed by atoms with Crippen molar-refractivity contribution in [2.24, 2.45) is 0 Å². The molecule has 0 spiro atoms. The number of carbonyl (C=O) groups is 1. The molecule has 7 heteroatoms. The van der Waals surface area contributed by atoms with Crippen molar-refractivity contribution in [3.63, 3.8) is 0 Å². The molecule has 0 unspecified atom stereocenters. The van der Waals surface area contributed by atoms with Crippen LogP contribution >= 0.6 is 0 Å². The van der Waals surface area contributed by atoms with Gasteiger partial charge in [0.2, 0.25) is 5.69 Å². The van der Waals surface area contributed by atoms with Crippen molar-refractivity contribution in [3.8, 4) is 11.5 Å². The number of carboxylic acid groups (broad SMARTS) is 1. The maximum Gasteiger partial charge on any atom is 0.358 e. The van der Waals surface area contributed by atoms with Crippen LogP contribution in [0.3, 0.4) is 0 Å². The average Bonchev–Trinajstić information content (AvgIpc) is 2.84. The van der Waals surface area contributed by atoms with Gasteiger partial charge in [-0.15, -0.1) is 5.10 Å². The monoisotopic (exact) mass is 223 g/mol. The van der Waals surface area contributed by atoms with Gasteiger partial charge in [-0.05, 0) is 12.1 Å². The number of nitrogens with zero attached hydrogens (tertiary/aromatic N) is 3. The Morgan fingerprint density at radius 1 is 1.56 bits per heavy atom. The first-order chi connectivity index (χ1) is 7.74. The van der Waals surface area contributed by atoms with Crippen LogP contribution in [0.4, 0.5) is 0 Å². The second-order valence-corrected chi connectivity index (χ2v) is 3.02. The summed E-state index contributed by atoms with van der Waals surface area (Å²) in [6.07, 6.45) is 1.43. The smallest absolute Gasteiger partial charge is 0.358 e. The van der Waals surface area contributed by atoms with E-state index in [-0.39, 0.29) is 24.5 Å². The van der Waals surface area contributed by atoms with Gasteiger partial charge in [0.15, 0.2) is 5.76 Å². The third-order valence-corrected chi connectivity index (χ3v) is 2.00. The predicted octanol–water partition coefficient (Wildman–Crippen LogP) is 0.229. The number of hydrogen-bond acceptors (Lipinski definition) is 5. The standard InChI is InChI=1S/C9H9N3O4/c13-4-3-12-8(6-2-1-5-16-6)7(9(14)15)10-11-12/h1-2,5,13H,3-4H2,(H,14,15). The fourth-order valence-corrected chi connectivity index (χ4v) is 1.37. The van der Waals surface area contributed by atoms with Crippen molar-refractivity contribution in [2.45, 2.75) is 6.54 Å². The summed E-state index contributed by atoms with van der Waals surface area (Å²) < 4.78 is 6.40. The Morgan fingerprint density at radius 3 is 2.94 bits per heavy atom. The molecule has 0 bridgehead atoms. The zero-order valence-corrected chi connectivity index (χ0v) is 8.20. The van der Waals surface area contributed by atoms with Gasteiger partial charge in [0.25, 0.3) is 0 Å². The molecular weight excluding hydrogens is 214 g/mol. The Kier molecular flexibility index (Phi) is 2.69. The maximum absolute atomic E-state index is 10.9. The first kappa shape index (κ1) is 10.4. The van der Waals surface area contributed by atoms with Gasteiger partial charge in [0.1, 0.15) is 5.69 Å². The van der Waals surface area contributed by atoms with Crippen molar-refractivity contribution in [3.05, 3.63) is 24.1 Å². The van der Waals surface area contributed by atoms with E-state index in [1.165, 1.54) is 10.9 Å². The van der Waals surface area contributed by atoms with Crippen molar-refractivity contribution in [1.29, 1.82) is 0 Å². The van der Waals surface area contributed by atoms with Crippen LogP contribution in [0.25, 0.3) is 11.5 Å².